The summed E-state index contributed by atoms with van der Waals surface area (Å²) in [5.74, 6) is 1.04. The Hall–Kier alpha value is -3.12. The predicted molar refractivity (Wildman–Crippen MR) is 139 cm³/mol. The van der Waals surface area contributed by atoms with Gasteiger partial charge in [-0.05, 0) is 63.1 Å². The van der Waals surface area contributed by atoms with Gasteiger partial charge in [0.15, 0.2) is 17.3 Å². The van der Waals surface area contributed by atoms with Crippen molar-refractivity contribution in [2.24, 2.45) is 0 Å². The fourth-order valence-corrected chi connectivity index (χ4v) is 7.64. The maximum atomic E-state index is 13.8. The highest BCUT2D eigenvalue weighted by molar-refractivity contribution is 7.89. The summed E-state index contributed by atoms with van der Waals surface area (Å²) in [6, 6.07) is 2.85. The Morgan fingerprint density at radius 2 is 1.76 bits per heavy atom. The molecular weight excluding hydrogens is 512 g/mol. The molecule has 2 N–H and O–H groups in total. The summed E-state index contributed by atoms with van der Waals surface area (Å²) in [5, 5.41) is 9.66. The summed E-state index contributed by atoms with van der Waals surface area (Å²) in [4.78, 5) is 25.7. The summed E-state index contributed by atoms with van der Waals surface area (Å²) in [6.07, 6.45) is 3.09. The molecule has 1 saturated heterocycles. The zero-order valence-electron chi connectivity index (χ0n) is 22.3. The largest absolute Gasteiger partial charge is 0.493 e. The Kier molecular flexibility index (Phi) is 8.61. The fourth-order valence-electron chi connectivity index (χ4n) is 5.47. The van der Waals surface area contributed by atoms with E-state index in [1.165, 1.54) is 4.31 Å². The fraction of sp³-hybridized carbons (Fsp3) is 0.577. The number of nitrogens with one attached hydrogen (secondary N) is 2. The predicted octanol–water partition coefficient (Wildman–Crippen LogP) is 2.03. The number of sulfonamides is 1. The molecule has 3 heterocycles. The van der Waals surface area contributed by atoms with Gasteiger partial charge < -0.3 is 24.6 Å². The SMILES string of the molecule is COc1cc2cc(c1OC)CCCNC(=O)C[C@@H]1CC[C@H](CNC(=O)CC2)N1S(=O)(=O)c1c(C)noc1C. The standard InChI is InChI=1S/C26H36N4O7S/c1-16-26(17(2)37-29-16)38(33,34)30-20-8-9-21(30)15-28-23(31)10-7-18-12-19(6-5-11-27-24(32)14-20)25(36-4)22(13-18)35-3/h12-13,20-21H,5-11,14-15H2,1-4H3,(H,27,32)(H,28,31)/t20-,21+/m0/s1. The van der Waals surface area contributed by atoms with Gasteiger partial charge in [-0.1, -0.05) is 11.2 Å². The number of benzene rings is 1. The van der Waals surface area contributed by atoms with Crippen LogP contribution >= 0.6 is 0 Å². The number of carbonyl (C=O) groups excluding carboxylic acids is 2. The minimum Gasteiger partial charge on any atom is -0.493 e. The molecule has 38 heavy (non-hydrogen) atoms. The van der Waals surface area contributed by atoms with Crippen molar-refractivity contribution in [3.8, 4) is 11.5 Å². The summed E-state index contributed by atoms with van der Waals surface area (Å²) < 4.78 is 45.2. The number of nitrogens with zero attached hydrogens (tertiary/aromatic N) is 2. The third-order valence-corrected chi connectivity index (χ3v) is 9.46. The van der Waals surface area contributed by atoms with Crippen molar-refractivity contribution in [3.63, 3.8) is 0 Å². The number of fused-ring (bicyclic) bond motifs is 4. The Labute approximate surface area is 223 Å². The maximum absolute atomic E-state index is 13.8. The van der Waals surface area contributed by atoms with Crippen LogP contribution in [0.5, 0.6) is 11.5 Å². The third-order valence-electron chi connectivity index (χ3n) is 7.21. The first-order chi connectivity index (χ1) is 18.1. The van der Waals surface area contributed by atoms with E-state index in [2.05, 4.69) is 15.8 Å². The molecule has 2 amide bonds. The van der Waals surface area contributed by atoms with E-state index in [0.29, 0.717) is 50.1 Å². The van der Waals surface area contributed by atoms with E-state index < -0.39 is 22.1 Å². The third kappa shape index (κ3) is 5.80. The van der Waals surface area contributed by atoms with Crippen LogP contribution < -0.4 is 20.1 Å². The van der Waals surface area contributed by atoms with Crippen LogP contribution in [0.25, 0.3) is 0 Å². The summed E-state index contributed by atoms with van der Waals surface area (Å²) in [6.45, 7) is 3.72. The van der Waals surface area contributed by atoms with Gasteiger partial charge in [-0.2, -0.15) is 4.31 Å². The molecule has 2 aliphatic heterocycles. The normalized spacial score (nSPS) is 21.9. The minimum atomic E-state index is -4.02. The topological polar surface area (TPSA) is 140 Å². The first-order valence-electron chi connectivity index (χ1n) is 12.9. The lowest BCUT2D eigenvalue weighted by molar-refractivity contribution is -0.122. The average molecular weight is 549 g/mol. The van der Waals surface area contributed by atoms with Crippen LogP contribution in [0, 0.1) is 13.8 Å². The van der Waals surface area contributed by atoms with E-state index in [1.807, 2.05) is 12.1 Å². The Bertz CT molecular complexity index is 1270. The minimum absolute atomic E-state index is 0.0224. The molecule has 11 nitrogen and oxygen atoms in total. The number of ether oxygens (including phenoxy) is 2. The molecule has 4 bridgehead atoms. The molecule has 208 valence electrons. The van der Waals surface area contributed by atoms with Crippen LogP contribution in [0.4, 0.5) is 0 Å². The molecule has 12 heteroatoms. The number of amides is 2. The van der Waals surface area contributed by atoms with E-state index in [1.54, 1.807) is 28.1 Å². The summed E-state index contributed by atoms with van der Waals surface area (Å²) in [5.41, 5.74) is 2.15. The first-order valence-corrected chi connectivity index (χ1v) is 14.3. The van der Waals surface area contributed by atoms with Crippen molar-refractivity contribution in [1.82, 2.24) is 20.1 Å². The van der Waals surface area contributed by atoms with Crippen molar-refractivity contribution in [2.45, 2.75) is 75.8 Å². The van der Waals surface area contributed by atoms with Crippen molar-refractivity contribution in [3.05, 3.63) is 34.7 Å². The number of hydrogen-bond donors (Lipinski definition) is 2. The molecule has 1 aromatic heterocycles. The Morgan fingerprint density at radius 1 is 1.00 bits per heavy atom. The van der Waals surface area contributed by atoms with Crippen LogP contribution in [0.2, 0.25) is 0 Å². The van der Waals surface area contributed by atoms with Crippen molar-refractivity contribution in [1.29, 1.82) is 0 Å². The van der Waals surface area contributed by atoms with Gasteiger partial charge in [-0.3, -0.25) is 9.59 Å². The number of aryl methyl sites for hydroxylation is 4. The van der Waals surface area contributed by atoms with Crippen molar-refractivity contribution >= 4 is 21.8 Å². The second kappa shape index (κ2) is 11.7. The lowest BCUT2D eigenvalue weighted by atomic mass is 10.0. The molecule has 2 atom stereocenters. The molecule has 4 rings (SSSR count). The zero-order chi connectivity index (χ0) is 27.4. The van der Waals surface area contributed by atoms with Gasteiger partial charge in [0.2, 0.25) is 21.8 Å². The number of methoxy groups -OCH3 is 2. The number of aromatic nitrogens is 1. The molecule has 0 saturated carbocycles. The highest BCUT2D eigenvalue weighted by atomic mass is 32.2. The van der Waals surface area contributed by atoms with Crippen LogP contribution in [0.1, 0.15) is 54.7 Å². The number of carbonyl (C=O) groups is 2. The second-order valence-corrected chi connectivity index (χ2v) is 11.6. The molecule has 0 unspecified atom stereocenters. The van der Waals surface area contributed by atoms with Gasteiger partial charge >= 0.3 is 0 Å². The number of rotatable bonds is 4. The molecule has 0 radical (unpaired) electrons. The molecule has 0 spiro atoms. The van der Waals surface area contributed by atoms with E-state index in [-0.39, 0.29) is 47.6 Å². The van der Waals surface area contributed by atoms with E-state index in [0.717, 1.165) is 11.1 Å². The quantitative estimate of drug-likeness (QED) is 0.592. The van der Waals surface area contributed by atoms with Gasteiger partial charge in [0.05, 0.1) is 14.2 Å². The second-order valence-electron chi connectivity index (χ2n) is 9.83. The van der Waals surface area contributed by atoms with Crippen molar-refractivity contribution < 1.29 is 32.0 Å². The zero-order valence-corrected chi connectivity index (χ0v) is 23.2. The highest BCUT2D eigenvalue weighted by Gasteiger charge is 2.45. The summed E-state index contributed by atoms with van der Waals surface area (Å²) in [7, 11) is -0.854. The van der Waals surface area contributed by atoms with Crippen molar-refractivity contribution in [2.75, 3.05) is 27.3 Å². The van der Waals surface area contributed by atoms with Crippen LogP contribution in [0.3, 0.4) is 0 Å². The number of hydrogen-bond acceptors (Lipinski definition) is 8. The van der Waals surface area contributed by atoms with Crippen LogP contribution in [0.15, 0.2) is 21.6 Å². The van der Waals surface area contributed by atoms with Gasteiger partial charge in [0.1, 0.15) is 10.6 Å². The van der Waals surface area contributed by atoms with E-state index in [4.69, 9.17) is 14.0 Å². The van der Waals surface area contributed by atoms with Gasteiger partial charge in [0, 0.05) is 38.0 Å². The van der Waals surface area contributed by atoms with E-state index in [9.17, 15) is 18.0 Å². The smallest absolute Gasteiger partial charge is 0.249 e. The molecule has 2 aromatic rings. The van der Waals surface area contributed by atoms with Crippen LogP contribution in [-0.2, 0) is 32.5 Å². The lowest BCUT2D eigenvalue weighted by Crippen LogP contribution is -2.48. The highest BCUT2D eigenvalue weighted by Crippen LogP contribution is 2.36. The Morgan fingerprint density at radius 3 is 2.45 bits per heavy atom. The molecule has 0 aliphatic carbocycles. The average Bonchev–Trinajstić information content (AvgIpc) is 3.45. The molecule has 1 fully saturated rings. The molecule has 2 aliphatic rings. The van der Waals surface area contributed by atoms with Crippen LogP contribution in [-0.4, -0.2) is 69.1 Å². The van der Waals surface area contributed by atoms with Gasteiger partial charge in [-0.25, -0.2) is 8.42 Å². The lowest BCUT2D eigenvalue weighted by Gasteiger charge is -2.29. The maximum Gasteiger partial charge on any atom is 0.249 e. The van der Waals surface area contributed by atoms with Gasteiger partial charge in [0.25, 0.3) is 0 Å². The van der Waals surface area contributed by atoms with Gasteiger partial charge in [-0.15, -0.1) is 0 Å². The van der Waals surface area contributed by atoms with E-state index >= 15 is 0 Å². The monoisotopic (exact) mass is 548 g/mol. The molecular formula is C26H36N4O7S. The molecule has 1 aromatic carbocycles. The Balaban J connectivity index is 1.61. The first kappa shape index (κ1) is 27.9. The summed E-state index contributed by atoms with van der Waals surface area (Å²) >= 11 is 0.